The summed E-state index contributed by atoms with van der Waals surface area (Å²) in [4.78, 5) is 5.57. The van der Waals surface area contributed by atoms with Gasteiger partial charge in [-0.2, -0.15) is 0 Å². The van der Waals surface area contributed by atoms with Crippen LogP contribution in [0.1, 0.15) is 0 Å². The van der Waals surface area contributed by atoms with Crippen LogP contribution >= 0.6 is 0 Å². The fourth-order valence-electron chi connectivity index (χ4n) is 8.92. The smallest absolute Gasteiger partial charge is 0.136 e. The summed E-state index contributed by atoms with van der Waals surface area (Å²) in [6, 6.07) is 69.6. The first-order valence-corrected chi connectivity index (χ1v) is 19.1. The molecule has 0 unspecified atom stereocenters. The maximum atomic E-state index is 6.59. The van der Waals surface area contributed by atoms with Crippen LogP contribution in [-0.4, -0.2) is 9.55 Å². The van der Waals surface area contributed by atoms with Crippen molar-refractivity contribution in [1.82, 2.24) is 9.55 Å². The van der Waals surface area contributed by atoms with Crippen LogP contribution in [0.25, 0.3) is 115 Å². The lowest BCUT2D eigenvalue weighted by Crippen LogP contribution is -1.94. The predicted octanol–water partition coefficient (Wildman–Crippen LogP) is 14.5. The number of furan rings is 1. The first-order chi connectivity index (χ1) is 27.7. The molecule has 3 heteroatoms. The normalized spacial score (nSPS) is 11.9. The van der Waals surface area contributed by atoms with Crippen LogP contribution in [-0.2, 0) is 0 Å². The molecule has 0 aliphatic heterocycles. The Morgan fingerprint density at radius 1 is 0.375 bits per heavy atom. The molecule has 12 aromatic rings. The first-order valence-electron chi connectivity index (χ1n) is 19.1. The standard InChI is InChI=1S/C53H32N2O/c1-2-11-33(12-3-1)34-21-24-39(25-22-34)55-48-20-9-8-18-41(48)44-30-38(23-27-49(44)55)47-32-45-43(53(54-47)42-19-10-16-35-13-6-7-17-40(35)42)26-28-50-52(45)46-29-36-14-4-5-15-37(36)31-51(46)56-50/h1-32H. The van der Waals surface area contributed by atoms with Gasteiger partial charge in [-0.3, -0.25) is 0 Å². The molecular formula is C53H32N2O. The van der Waals surface area contributed by atoms with Gasteiger partial charge < -0.3 is 8.98 Å². The number of aromatic nitrogens is 2. The van der Waals surface area contributed by atoms with Crippen molar-refractivity contribution in [2.45, 2.75) is 0 Å². The number of hydrogen-bond acceptors (Lipinski definition) is 2. The van der Waals surface area contributed by atoms with E-state index in [9.17, 15) is 0 Å². The van der Waals surface area contributed by atoms with Gasteiger partial charge in [-0.1, -0.05) is 133 Å². The Morgan fingerprint density at radius 3 is 1.91 bits per heavy atom. The number of para-hydroxylation sites is 1. The van der Waals surface area contributed by atoms with Crippen LogP contribution in [0.5, 0.6) is 0 Å². The van der Waals surface area contributed by atoms with Gasteiger partial charge in [0.15, 0.2) is 0 Å². The summed E-state index contributed by atoms with van der Waals surface area (Å²) in [5, 5.41) is 11.6. The van der Waals surface area contributed by atoms with Gasteiger partial charge in [0.05, 0.1) is 22.4 Å². The Hall–Kier alpha value is -7.49. The Labute approximate surface area is 322 Å². The van der Waals surface area contributed by atoms with Crippen molar-refractivity contribution >= 4 is 76.1 Å². The monoisotopic (exact) mass is 712 g/mol. The summed E-state index contributed by atoms with van der Waals surface area (Å²) in [5.41, 5.74) is 11.7. The minimum Gasteiger partial charge on any atom is -0.456 e. The summed E-state index contributed by atoms with van der Waals surface area (Å²) < 4.78 is 8.97. The Bertz CT molecular complexity index is 3510. The largest absolute Gasteiger partial charge is 0.456 e. The first kappa shape index (κ1) is 30.9. The second-order valence-corrected chi connectivity index (χ2v) is 14.7. The fourth-order valence-corrected chi connectivity index (χ4v) is 8.92. The van der Waals surface area contributed by atoms with E-state index >= 15 is 0 Å². The summed E-state index contributed by atoms with van der Waals surface area (Å²) in [5.74, 6) is 0. The molecule has 9 aromatic carbocycles. The van der Waals surface area contributed by atoms with Crippen LogP contribution in [0.2, 0.25) is 0 Å². The maximum absolute atomic E-state index is 6.59. The molecule has 3 aromatic heterocycles. The van der Waals surface area contributed by atoms with Gasteiger partial charge in [-0.15, -0.1) is 0 Å². The lowest BCUT2D eigenvalue weighted by molar-refractivity contribution is 0.670. The molecule has 0 bridgehead atoms. The number of pyridine rings is 1. The molecule has 0 N–H and O–H groups in total. The van der Waals surface area contributed by atoms with Crippen molar-refractivity contribution < 1.29 is 4.42 Å². The van der Waals surface area contributed by atoms with Crippen LogP contribution in [0, 0.1) is 0 Å². The summed E-state index contributed by atoms with van der Waals surface area (Å²) in [7, 11) is 0. The van der Waals surface area contributed by atoms with Gasteiger partial charge in [0, 0.05) is 43.7 Å². The van der Waals surface area contributed by atoms with Crippen molar-refractivity contribution in [2.75, 3.05) is 0 Å². The van der Waals surface area contributed by atoms with Crippen LogP contribution in [0.15, 0.2) is 199 Å². The minimum atomic E-state index is 0.876. The Morgan fingerprint density at radius 2 is 1.05 bits per heavy atom. The molecule has 0 saturated heterocycles. The van der Waals surface area contributed by atoms with Crippen LogP contribution < -0.4 is 0 Å². The number of hydrogen-bond donors (Lipinski definition) is 0. The molecule has 0 spiro atoms. The highest BCUT2D eigenvalue weighted by Gasteiger charge is 2.20. The van der Waals surface area contributed by atoms with Gasteiger partial charge in [0.1, 0.15) is 11.2 Å². The Kier molecular flexibility index (Phi) is 6.63. The minimum absolute atomic E-state index is 0.876. The molecule has 0 amide bonds. The average Bonchev–Trinajstić information content (AvgIpc) is 3.80. The lowest BCUT2D eigenvalue weighted by atomic mass is 9.94. The average molecular weight is 713 g/mol. The quantitative estimate of drug-likeness (QED) is 0.182. The van der Waals surface area contributed by atoms with E-state index < -0.39 is 0 Å². The number of fused-ring (bicyclic) bond motifs is 10. The van der Waals surface area contributed by atoms with E-state index in [4.69, 9.17) is 9.40 Å². The third-order valence-electron chi connectivity index (χ3n) is 11.6. The highest BCUT2D eigenvalue weighted by atomic mass is 16.3. The van der Waals surface area contributed by atoms with Crippen molar-refractivity contribution in [3.63, 3.8) is 0 Å². The van der Waals surface area contributed by atoms with E-state index in [2.05, 4.69) is 199 Å². The highest BCUT2D eigenvalue weighted by molar-refractivity contribution is 6.23. The third kappa shape index (κ3) is 4.68. The molecule has 260 valence electrons. The highest BCUT2D eigenvalue weighted by Crippen LogP contribution is 2.43. The van der Waals surface area contributed by atoms with Crippen molar-refractivity contribution in [3.05, 3.63) is 194 Å². The molecule has 0 aliphatic carbocycles. The molecule has 0 saturated carbocycles. The van der Waals surface area contributed by atoms with Gasteiger partial charge >= 0.3 is 0 Å². The molecule has 0 fully saturated rings. The zero-order valence-corrected chi connectivity index (χ0v) is 30.3. The topological polar surface area (TPSA) is 31.0 Å². The van der Waals surface area contributed by atoms with Crippen molar-refractivity contribution in [2.24, 2.45) is 0 Å². The summed E-state index contributed by atoms with van der Waals surface area (Å²) in [6.45, 7) is 0. The van der Waals surface area contributed by atoms with E-state index in [1.165, 1.54) is 49.0 Å². The molecule has 0 aliphatic rings. The van der Waals surface area contributed by atoms with Gasteiger partial charge in [0.25, 0.3) is 0 Å². The molecule has 12 rings (SSSR count). The van der Waals surface area contributed by atoms with E-state index in [0.29, 0.717) is 0 Å². The van der Waals surface area contributed by atoms with Crippen LogP contribution in [0.3, 0.4) is 0 Å². The lowest BCUT2D eigenvalue weighted by Gasteiger charge is -2.14. The molecular weight excluding hydrogens is 681 g/mol. The maximum Gasteiger partial charge on any atom is 0.136 e. The summed E-state index contributed by atoms with van der Waals surface area (Å²) in [6.07, 6.45) is 0. The van der Waals surface area contributed by atoms with Gasteiger partial charge in [-0.25, -0.2) is 4.98 Å². The van der Waals surface area contributed by atoms with Crippen LogP contribution in [0.4, 0.5) is 0 Å². The molecule has 56 heavy (non-hydrogen) atoms. The third-order valence-corrected chi connectivity index (χ3v) is 11.6. The van der Waals surface area contributed by atoms with Gasteiger partial charge in [-0.05, 0) is 98.7 Å². The molecule has 3 heterocycles. The predicted molar refractivity (Wildman–Crippen MR) is 235 cm³/mol. The van der Waals surface area contributed by atoms with E-state index in [0.717, 1.165) is 66.4 Å². The molecule has 0 radical (unpaired) electrons. The van der Waals surface area contributed by atoms with E-state index in [1.807, 2.05) is 0 Å². The zero-order valence-electron chi connectivity index (χ0n) is 30.3. The molecule has 3 nitrogen and oxygen atoms in total. The van der Waals surface area contributed by atoms with Gasteiger partial charge in [0.2, 0.25) is 0 Å². The number of nitrogens with zero attached hydrogens (tertiary/aromatic N) is 2. The van der Waals surface area contributed by atoms with Crippen molar-refractivity contribution in [3.8, 4) is 39.3 Å². The summed E-state index contributed by atoms with van der Waals surface area (Å²) >= 11 is 0. The molecule has 0 atom stereocenters. The number of benzene rings is 9. The second-order valence-electron chi connectivity index (χ2n) is 14.7. The van der Waals surface area contributed by atoms with E-state index in [-0.39, 0.29) is 0 Å². The van der Waals surface area contributed by atoms with E-state index in [1.54, 1.807) is 0 Å². The fraction of sp³-hybridized carbons (Fsp3) is 0. The SMILES string of the molecule is c1ccc(-c2ccc(-n3c4ccccc4c4cc(-c5cc6c(ccc7oc8cc9ccccc9cc8c76)c(-c6cccc7ccccc67)n5)ccc43)cc2)cc1. The second kappa shape index (κ2) is 12.0. The Balaban J connectivity index is 1.11. The zero-order chi connectivity index (χ0) is 36.7. The number of rotatable bonds is 4. The van der Waals surface area contributed by atoms with Crippen molar-refractivity contribution in [1.29, 1.82) is 0 Å².